The van der Waals surface area contributed by atoms with Crippen molar-refractivity contribution in [2.75, 3.05) is 6.61 Å². The molecule has 0 aromatic carbocycles. The first-order valence-corrected chi connectivity index (χ1v) is 5.41. The van der Waals surface area contributed by atoms with E-state index < -0.39 is 0 Å². The van der Waals surface area contributed by atoms with Crippen LogP contribution in [-0.4, -0.2) is 16.6 Å². The van der Waals surface area contributed by atoms with Gasteiger partial charge in [-0.15, -0.1) is 0 Å². The number of hydrogen-bond acceptors (Lipinski definition) is 3. The van der Waals surface area contributed by atoms with E-state index in [1.54, 1.807) is 0 Å². The molecule has 1 saturated carbocycles. The Balaban J connectivity index is 2.02. The normalized spacial score (nSPS) is 20.1. The minimum Gasteiger partial charge on any atom is -0.477 e. The zero-order chi connectivity index (χ0) is 9.54. The van der Waals surface area contributed by atoms with E-state index in [4.69, 9.17) is 16.3 Å². The van der Waals surface area contributed by atoms with Crippen molar-refractivity contribution in [2.45, 2.75) is 31.6 Å². The Labute approximate surface area is 87.5 Å². The van der Waals surface area contributed by atoms with Gasteiger partial charge >= 0.3 is 0 Å². The zero-order valence-corrected chi connectivity index (χ0v) is 8.55. The lowest BCUT2D eigenvalue weighted by Gasteiger charge is -2.23. The van der Waals surface area contributed by atoms with Gasteiger partial charge in [-0.25, -0.2) is 4.98 Å². The van der Waals surface area contributed by atoms with Crippen LogP contribution in [0, 0.1) is 0 Å². The summed E-state index contributed by atoms with van der Waals surface area (Å²) in [5.74, 6) is 2.11. The summed E-state index contributed by atoms with van der Waals surface area (Å²) >= 11 is 6.07. The van der Waals surface area contributed by atoms with Crippen molar-refractivity contribution in [3.05, 3.63) is 16.5 Å². The number of rotatable bonds is 1. The second-order valence-corrected chi connectivity index (χ2v) is 4.24. The van der Waals surface area contributed by atoms with Gasteiger partial charge in [0.05, 0.1) is 12.2 Å². The van der Waals surface area contributed by atoms with Gasteiger partial charge in [0.1, 0.15) is 11.0 Å². The summed E-state index contributed by atoms with van der Waals surface area (Å²) in [6.45, 7) is 0.692. The minimum absolute atomic E-state index is 0.516. The Bertz CT molecular complexity index is 377. The average molecular weight is 211 g/mol. The van der Waals surface area contributed by atoms with Crippen LogP contribution >= 0.6 is 11.6 Å². The monoisotopic (exact) mass is 210 g/mol. The van der Waals surface area contributed by atoms with Crippen LogP contribution in [0.3, 0.4) is 0 Å². The van der Waals surface area contributed by atoms with Crippen molar-refractivity contribution in [3.63, 3.8) is 0 Å². The fourth-order valence-corrected chi connectivity index (χ4v) is 2.14. The van der Waals surface area contributed by atoms with Gasteiger partial charge in [-0.1, -0.05) is 18.0 Å². The second-order valence-electron chi connectivity index (χ2n) is 3.88. The highest BCUT2D eigenvalue weighted by molar-refractivity contribution is 6.30. The van der Waals surface area contributed by atoms with Gasteiger partial charge in [0.15, 0.2) is 0 Å². The number of aromatic nitrogens is 2. The summed E-state index contributed by atoms with van der Waals surface area (Å²) in [5.41, 5.74) is 0.981. The molecule has 1 aromatic heterocycles. The van der Waals surface area contributed by atoms with E-state index in [1.165, 1.54) is 19.3 Å². The van der Waals surface area contributed by atoms with Gasteiger partial charge in [0.25, 0.3) is 0 Å². The molecule has 2 aliphatic rings. The molecule has 0 radical (unpaired) electrons. The fourth-order valence-electron chi connectivity index (χ4n) is 1.88. The van der Waals surface area contributed by atoms with Crippen LogP contribution in [0.2, 0.25) is 5.15 Å². The molecule has 0 unspecified atom stereocenters. The maximum Gasteiger partial charge on any atom is 0.221 e. The van der Waals surface area contributed by atoms with Crippen molar-refractivity contribution in [2.24, 2.45) is 0 Å². The van der Waals surface area contributed by atoms with E-state index in [1.807, 2.05) is 0 Å². The third-order valence-corrected chi connectivity index (χ3v) is 3.31. The molecule has 74 valence electrons. The number of halogens is 1. The molecule has 0 amide bonds. The van der Waals surface area contributed by atoms with Gasteiger partial charge in [-0.2, -0.15) is 4.98 Å². The molecular formula is C10H11ClN2O. The molecule has 0 spiro atoms. The topological polar surface area (TPSA) is 35.0 Å². The molecule has 3 nitrogen and oxygen atoms in total. The highest BCUT2D eigenvalue weighted by atomic mass is 35.5. The van der Waals surface area contributed by atoms with E-state index in [0.717, 1.165) is 17.8 Å². The lowest BCUT2D eigenvalue weighted by atomic mass is 9.85. The van der Waals surface area contributed by atoms with E-state index >= 15 is 0 Å². The molecule has 1 aliphatic carbocycles. The fraction of sp³-hybridized carbons (Fsp3) is 0.600. The summed E-state index contributed by atoms with van der Waals surface area (Å²) in [5, 5.41) is 0.592. The molecule has 0 atom stereocenters. The van der Waals surface area contributed by atoms with E-state index in [9.17, 15) is 0 Å². The summed E-state index contributed by atoms with van der Waals surface area (Å²) in [7, 11) is 0. The molecule has 4 heteroatoms. The van der Waals surface area contributed by atoms with Crippen LogP contribution in [0.25, 0.3) is 0 Å². The van der Waals surface area contributed by atoms with Crippen molar-refractivity contribution < 1.29 is 4.74 Å². The van der Waals surface area contributed by atoms with E-state index in [-0.39, 0.29) is 0 Å². The van der Waals surface area contributed by atoms with Crippen LogP contribution in [0.1, 0.15) is 36.6 Å². The van der Waals surface area contributed by atoms with Gasteiger partial charge in [0.2, 0.25) is 5.88 Å². The highest BCUT2D eigenvalue weighted by Gasteiger charge is 2.26. The molecule has 0 saturated heterocycles. The summed E-state index contributed by atoms with van der Waals surface area (Å²) in [6.07, 6.45) is 4.51. The highest BCUT2D eigenvalue weighted by Crippen LogP contribution is 2.37. The second kappa shape index (κ2) is 3.09. The number of ether oxygens (including phenoxy) is 1. The van der Waals surface area contributed by atoms with Crippen LogP contribution in [0.4, 0.5) is 0 Å². The molecule has 14 heavy (non-hydrogen) atoms. The Morgan fingerprint density at radius 1 is 1.29 bits per heavy atom. The third-order valence-electron chi connectivity index (χ3n) is 3.00. The Hall–Kier alpha value is -0.830. The summed E-state index contributed by atoms with van der Waals surface area (Å²) in [6, 6.07) is 0. The lowest BCUT2D eigenvalue weighted by Crippen LogP contribution is -2.13. The van der Waals surface area contributed by atoms with Crippen molar-refractivity contribution in [1.29, 1.82) is 0 Å². The van der Waals surface area contributed by atoms with E-state index in [2.05, 4.69) is 9.97 Å². The predicted octanol–water partition coefficient (Wildman–Crippen LogP) is 2.33. The molecular weight excluding hydrogens is 200 g/mol. The van der Waals surface area contributed by atoms with Gasteiger partial charge < -0.3 is 4.74 Å². The van der Waals surface area contributed by atoms with Gasteiger partial charge in [0, 0.05) is 12.3 Å². The van der Waals surface area contributed by atoms with Crippen LogP contribution in [-0.2, 0) is 6.42 Å². The Morgan fingerprint density at radius 3 is 2.86 bits per heavy atom. The predicted molar refractivity (Wildman–Crippen MR) is 52.8 cm³/mol. The van der Waals surface area contributed by atoms with Crippen molar-refractivity contribution in [1.82, 2.24) is 9.97 Å². The molecule has 3 rings (SSSR count). The lowest BCUT2D eigenvalue weighted by molar-refractivity contribution is 0.337. The Kier molecular flexibility index (Phi) is 1.87. The van der Waals surface area contributed by atoms with Crippen LogP contribution in [0.5, 0.6) is 5.88 Å². The molecule has 1 fully saturated rings. The molecule has 1 aromatic rings. The van der Waals surface area contributed by atoms with Crippen LogP contribution < -0.4 is 4.74 Å². The molecule has 2 heterocycles. The maximum atomic E-state index is 6.07. The summed E-state index contributed by atoms with van der Waals surface area (Å²) < 4.78 is 5.40. The minimum atomic E-state index is 0.516. The average Bonchev–Trinajstić information content (AvgIpc) is 2.48. The van der Waals surface area contributed by atoms with Gasteiger partial charge in [-0.3, -0.25) is 0 Å². The number of nitrogens with zero attached hydrogens (tertiary/aromatic N) is 2. The number of fused-ring (bicyclic) bond motifs is 1. The van der Waals surface area contributed by atoms with E-state index in [0.29, 0.717) is 23.6 Å². The first-order valence-electron chi connectivity index (χ1n) is 5.03. The SMILES string of the molecule is Clc1nc(C2CCC2)nc2c1CCO2. The molecule has 0 bridgehead atoms. The smallest absolute Gasteiger partial charge is 0.221 e. The summed E-state index contributed by atoms with van der Waals surface area (Å²) in [4.78, 5) is 8.76. The molecule has 0 N–H and O–H groups in total. The third kappa shape index (κ3) is 1.19. The van der Waals surface area contributed by atoms with Crippen LogP contribution in [0.15, 0.2) is 0 Å². The van der Waals surface area contributed by atoms with Gasteiger partial charge in [-0.05, 0) is 12.8 Å². The first-order chi connectivity index (χ1) is 6.84. The first kappa shape index (κ1) is 8.48. The molecule has 1 aliphatic heterocycles. The Morgan fingerprint density at radius 2 is 2.14 bits per heavy atom. The maximum absolute atomic E-state index is 6.07. The largest absolute Gasteiger partial charge is 0.477 e. The standard InChI is InChI=1S/C10H11ClN2O/c11-8-7-4-5-14-10(7)13-9(12-8)6-2-1-3-6/h6H,1-5H2. The van der Waals surface area contributed by atoms with Crippen molar-refractivity contribution >= 4 is 11.6 Å². The zero-order valence-electron chi connectivity index (χ0n) is 7.79. The van der Waals surface area contributed by atoms with Crippen molar-refractivity contribution in [3.8, 4) is 5.88 Å². The number of hydrogen-bond donors (Lipinski definition) is 0. The quantitative estimate of drug-likeness (QED) is 0.668.